The number of benzene rings is 2. The Balaban J connectivity index is 1.42. The van der Waals surface area contributed by atoms with E-state index in [1.807, 2.05) is 19.1 Å². The molecule has 2 aromatic rings. The SMILES string of the molecule is Cc1ccc(NC(=O)C(=O)NCCc2ccc(N3CCCCC3)cc2)cc1. The first-order valence-electron chi connectivity index (χ1n) is 9.61. The van der Waals surface area contributed by atoms with E-state index in [2.05, 4.69) is 39.8 Å². The lowest BCUT2D eigenvalue weighted by atomic mass is 10.1. The largest absolute Gasteiger partial charge is 0.372 e. The molecule has 0 spiro atoms. The maximum absolute atomic E-state index is 11.9. The van der Waals surface area contributed by atoms with Gasteiger partial charge >= 0.3 is 11.8 Å². The molecule has 2 N–H and O–H groups in total. The van der Waals surface area contributed by atoms with Crippen LogP contribution >= 0.6 is 0 Å². The summed E-state index contributed by atoms with van der Waals surface area (Å²) in [5.41, 5.74) is 4.13. The van der Waals surface area contributed by atoms with Crippen molar-refractivity contribution in [2.45, 2.75) is 32.6 Å². The van der Waals surface area contributed by atoms with Gasteiger partial charge in [0.1, 0.15) is 0 Å². The van der Waals surface area contributed by atoms with Crippen LogP contribution in [0.2, 0.25) is 0 Å². The van der Waals surface area contributed by atoms with E-state index < -0.39 is 11.8 Å². The smallest absolute Gasteiger partial charge is 0.313 e. The number of carbonyl (C=O) groups is 2. The predicted molar refractivity (Wildman–Crippen MR) is 109 cm³/mol. The fraction of sp³-hybridized carbons (Fsp3) is 0.364. The molecule has 0 bridgehead atoms. The van der Waals surface area contributed by atoms with Crippen molar-refractivity contribution in [3.05, 3.63) is 59.7 Å². The summed E-state index contributed by atoms with van der Waals surface area (Å²) >= 11 is 0. The van der Waals surface area contributed by atoms with Crippen LogP contribution in [-0.4, -0.2) is 31.4 Å². The van der Waals surface area contributed by atoms with Gasteiger partial charge in [0, 0.05) is 31.0 Å². The minimum atomic E-state index is -0.640. The number of aryl methyl sites for hydroxylation is 1. The Morgan fingerprint density at radius 1 is 0.889 bits per heavy atom. The molecule has 0 atom stereocenters. The number of anilines is 2. The summed E-state index contributed by atoms with van der Waals surface area (Å²) in [7, 11) is 0. The highest BCUT2D eigenvalue weighted by atomic mass is 16.2. The number of nitrogens with zero attached hydrogens (tertiary/aromatic N) is 1. The molecule has 142 valence electrons. The molecule has 27 heavy (non-hydrogen) atoms. The second-order valence-corrected chi connectivity index (χ2v) is 7.04. The summed E-state index contributed by atoms with van der Waals surface area (Å²) in [5.74, 6) is -1.25. The van der Waals surface area contributed by atoms with Crippen molar-refractivity contribution in [1.82, 2.24) is 5.32 Å². The zero-order valence-electron chi connectivity index (χ0n) is 15.8. The van der Waals surface area contributed by atoms with Crippen molar-refractivity contribution in [1.29, 1.82) is 0 Å². The van der Waals surface area contributed by atoms with Crippen LogP contribution in [0.3, 0.4) is 0 Å². The normalized spacial score (nSPS) is 13.9. The molecule has 0 saturated carbocycles. The van der Waals surface area contributed by atoms with Gasteiger partial charge in [-0.3, -0.25) is 9.59 Å². The van der Waals surface area contributed by atoms with Crippen LogP contribution in [0.1, 0.15) is 30.4 Å². The Kier molecular flexibility index (Phi) is 6.47. The third-order valence-electron chi connectivity index (χ3n) is 4.87. The zero-order chi connectivity index (χ0) is 19.1. The van der Waals surface area contributed by atoms with Crippen LogP contribution in [0.25, 0.3) is 0 Å². The Bertz CT molecular complexity index is 763. The van der Waals surface area contributed by atoms with Gasteiger partial charge in [-0.15, -0.1) is 0 Å². The van der Waals surface area contributed by atoms with Gasteiger partial charge in [0.25, 0.3) is 0 Å². The van der Waals surface area contributed by atoms with E-state index in [1.54, 1.807) is 12.1 Å². The van der Waals surface area contributed by atoms with Crippen molar-refractivity contribution < 1.29 is 9.59 Å². The van der Waals surface area contributed by atoms with Gasteiger partial charge < -0.3 is 15.5 Å². The molecule has 1 aliphatic rings. The van der Waals surface area contributed by atoms with E-state index in [1.165, 1.54) is 24.9 Å². The number of piperidine rings is 1. The van der Waals surface area contributed by atoms with Crippen LogP contribution in [0.5, 0.6) is 0 Å². The Morgan fingerprint density at radius 2 is 1.56 bits per heavy atom. The fourth-order valence-electron chi connectivity index (χ4n) is 3.25. The molecule has 1 fully saturated rings. The zero-order valence-corrected chi connectivity index (χ0v) is 15.8. The number of nitrogens with one attached hydrogen (secondary N) is 2. The first-order valence-corrected chi connectivity index (χ1v) is 9.61. The summed E-state index contributed by atoms with van der Waals surface area (Å²) in [4.78, 5) is 26.3. The molecule has 1 aliphatic heterocycles. The molecule has 1 saturated heterocycles. The number of hydrogen-bond acceptors (Lipinski definition) is 3. The molecule has 0 aliphatic carbocycles. The van der Waals surface area contributed by atoms with Crippen LogP contribution in [-0.2, 0) is 16.0 Å². The number of amides is 2. The number of rotatable bonds is 5. The molecule has 0 unspecified atom stereocenters. The van der Waals surface area contributed by atoms with E-state index in [0.717, 1.165) is 24.2 Å². The molecule has 3 rings (SSSR count). The second kappa shape index (κ2) is 9.21. The molecule has 0 aromatic heterocycles. The van der Waals surface area contributed by atoms with Gasteiger partial charge in [-0.05, 0) is 62.4 Å². The highest BCUT2D eigenvalue weighted by Crippen LogP contribution is 2.20. The molecule has 5 heteroatoms. The maximum Gasteiger partial charge on any atom is 0.313 e. The van der Waals surface area contributed by atoms with Gasteiger partial charge in [0.05, 0.1) is 0 Å². The Morgan fingerprint density at radius 3 is 2.22 bits per heavy atom. The van der Waals surface area contributed by atoms with Crippen molar-refractivity contribution >= 4 is 23.2 Å². The van der Waals surface area contributed by atoms with E-state index in [4.69, 9.17) is 0 Å². The lowest BCUT2D eigenvalue weighted by Crippen LogP contribution is -2.36. The van der Waals surface area contributed by atoms with Crippen molar-refractivity contribution in [2.24, 2.45) is 0 Å². The van der Waals surface area contributed by atoms with Crippen LogP contribution in [0.4, 0.5) is 11.4 Å². The van der Waals surface area contributed by atoms with E-state index in [-0.39, 0.29) is 0 Å². The van der Waals surface area contributed by atoms with Gasteiger partial charge in [0.2, 0.25) is 0 Å². The van der Waals surface area contributed by atoms with Crippen LogP contribution < -0.4 is 15.5 Å². The second-order valence-electron chi connectivity index (χ2n) is 7.04. The predicted octanol–water partition coefficient (Wildman–Crippen LogP) is 3.28. The molecule has 5 nitrogen and oxygen atoms in total. The van der Waals surface area contributed by atoms with Gasteiger partial charge in [0.15, 0.2) is 0 Å². The molecule has 1 heterocycles. The first kappa shape index (κ1) is 19.0. The summed E-state index contributed by atoms with van der Waals surface area (Å²) in [6.45, 7) is 4.66. The summed E-state index contributed by atoms with van der Waals surface area (Å²) in [5, 5.41) is 5.28. The third kappa shape index (κ3) is 5.58. The van der Waals surface area contributed by atoms with Gasteiger partial charge in [-0.25, -0.2) is 0 Å². The molecular formula is C22H27N3O2. The average molecular weight is 365 g/mol. The van der Waals surface area contributed by atoms with Gasteiger partial charge in [-0.2, -0.15) is 0 Å². The first-order chi connectivity index (χ1) is 13.1. The monoisotopic (exact) mass is 365 g/mol. The van der Waals surface area contributed by atoms with Crippen LogP contribution in [0, 0.1) is 6.92 Å². The van der Waals surface area contributed by atoms with E-state index >= 15 is 0 Å². The van der Waals surface area contributed by atoms with E-state index in [0.29, 0.717) is 18.7 Å². The van der Waals surface area contributed by atoms with Crippen molar-refractivity contribution in [2.75, 3.05) is 29.9 Å². The molecule has 2 aromatic carbocycles. The quantitative estimate of drug-likeness (QED) is 0.800. The Labute approximate surface area is 160 Å². The highest BCUT2D eigenvalue weighted by Gasteiger charge is 2.13. The number of hydrogen-bond donors (Lipinski definition) is 2. The third-order valence-corrected chi connectivity index (χ3v) is 4.87. The minimum Gasteiger partial charge on any atom is -0.372 e. The lowest BCUT2D eigenvalue weighted by Gasteiger charge is -2.28. The van der Waals surface area contributed by atoms with Crippen LogP contribution in [0.15, 0.2) is 48.5 Å². The molecular weight excluding hydrogens is 338 g/mol. The Hall–Kier alpha value is -2.82. The number of carbonyl (C=O) groups excluding carboxylic acids is 2. The fourth-order valence-corrected chi connectivity index (χ4v) is 3.25. The van der Waals surface area contributed by atoms with Crippen molar-refractivity contribution in [3.8, 4) is 0 Å². The summed E-state index contributed by atoms with van der Waals surface area (Å²) in [6.07, 6.45) is 4.55. The maximum atomic E-state index is 11.9. The highest BCUT2D eigenvalue weighted by molar-refractivity contribution is 6.39. The summed E-state index contributed by atoms with van der Waals surface area (Å²) < 4.78 is 0. The molecule has 2 amide bonds. The topological polar surface area (TPSA) is 61.4 Å². The average Bonchev–Trinajstić information content (AvgIpc) is 2.71. The van der Waals surface area contributed by atoms with Crippen molar-refractivity contribution in [3.63, 3.8) is 0 Å². The summed E-state index contributed by atoms with van der Waals surface area (Å²) in [6, 6.07) is 15.8. The van der Waals surface area contributed by atoms with E-state index in [9.17, 15) is 9.59 Å². The standard InChI is InChI=1S/C22H27N3O2/c1-17-5-9-19(10-6-17)24-22(27)21(26)23-14-13-18-7-11-20(12-8-18)25-15-3-2-4-16-25/h5-12H,2-4,13-16H2,1H3,(H,23,26)(H,24,27). The lowest BCUT2D eigenvalue weighted by molar-refractivity contribution is -0.136. The minimum absolute atomic E-state index is 0.434. The molecule has 0 radical (unpaired) electrons. The van der Waals surface area contributed by atoms with Gasteiger partial charge in [-0.1, -0.05) is 29.8 Å².